The molecule has 1 saturated heterocycles. The fourth-order valence-electron chi connectivity index (χ4n) is 4.44. The zero-order valence-corrected chi connectivity index (χ0v) is 18.4. The number of aromatic nitrogens is 4. The van der Waals surface area contributed by atoms with Crippen molar-refractivity contribution >= 4 is 22.4 Å². The molecule has 0 aromatic carbocycles. The first-order valence-electron chi connectivity index (χ1n) is 10.5. The number of pyridine rings is 1. The molecule has 1 fully saturated rings. The number of hydrogen-bond acceptors (Lipinski definition) is 6. The molecule has 2 aliphatic rings. The van der Waals surface area contributed by atoms with Gasteiger partial charge in [0.2, 0.25) is 5.91 Å². The molecule has 3 aromatic heterocycles. The highest BCUT2D eigenvalue weighted by molar-refractivity contribution is 7.19. The van der Waals surface area contributed by atoms with E-state index < -0.39 is 0 Å². The normalized spacial score (nSPS) is 16.9. The summed E-state index contributed by atoms with van der Waals surface area (Å²) in [4.78, 5) is 24.3. The molecule has 1 amide bonds. The van der Waals surface area contributed by atoms with Crippen LogP contribution in [0.5, 0.6) is 0 Å². The van der Waals surface area contributed by atoms with Crippen molar-refractivity contribution in [3.63, 3.8) is 0 Å². The third-order valence-corrected chi connectivity index (χ3v) is 7.05. The highest BCUT2D eigenvalue weighted by Crippen LogP contribution is 2.45. The smallest absolute Gasteiger partial charge is 0.223 e. The highest BCUT2D eigenvalue weighted by atomic mass is 32.1. The lowest BCUT2D eigenvalue weighted by Gasteiger charge is -2.30. The molecular formula is C22H26N6OS. The van der Waals surface area contributed by atoms with Gasteiger partial charge in [-0.3, -0.25) is 14.5 Å². The maximum atomic E-state index is 11.6. The summed E-state index contributed by atoms with van der Waals surface area (Å²) in [7, 11) is 2.18. The van der Waals surface area contributed by atoms with Crippen LogP contribution in [0.4, 0.5) is 5.13 Å². The summed E-state index contributed by atoms with van der Waals surface area (Å²) in [6, 6.07) is 4.54. The fraction of sp³-hybridized carbons (Fsp3) is 0.455. The molecule has 7 nitrogen and oxygen atoms in total. The molecule has 30 heavy (non-hydrogen) atoms. The highest BCUT2D eigenvalue weighted by Gasteiger charge is 2.32. The predicted octanol–water partition coefficient (Wildman–Crippen LogP) is 3.70. The van der Waals surface area contributed by atoms with E-state index in [2.05, 4.69) is 33.0 Å². The van der Waals surface area contributed by atoms with Gasteiger partial charge in [-0.25, -0.2) is 4.98 Å². The number of carbonyl (C=O) groups is 1. The summed E-state index contributed by atoms with van der Waals surface area (Å²) in [5, 5.41) is 8.70. The number of fused-ring (bicyclic) bond motifs is 3. The molecule has 0 bridgehead atoms. The van der Waals surface area contributed by atoms with Gasteiger partial charge >= 0.3 is 0 Å². The molecule has 0 unspecified atom stereocenters. The van der Waals surface area contributed by atoms with E-state index in [0.29, 0.717) is 11.2 Å². The van der Waals surface area contributed by atoms with Crippen LogP contribution < -0.4 is 5.32 Å². The number of anilines is 1. The summed E-state index contributed by atoms with van der Waals surface area (Å²) in [6.45, 7) is 5.68. The van der Waals surface area contributed by atoms with Crippen LogP contribution in [0.25, 0.3) is 21.8 Å². The number of hydrogen-bond donors (Lipinski definition) is 1. The van der Waals surface area contributed by atoms with Crippen LogP contribution >= 0.6 is 11.3 Å². The lowest BCUT2D eigenvalue weighted by molar-refractivity contribution is -0.114. The van der Waals surface area contributed by atoms with Crippen LogP contribution in [-0.2, 0) is 17.6 Å². The minimum atomic E-state index is -0.0865. The van der Waals surface area contributed by atoms with E-state index in [9.17, 15) is 4.79 Å². The maximum Gasteiger partial charge on any atom is 0.223 e. The maximum absolute atomic E-state index is 11.6. The van der Waals surface area contributed by atoms with Crippen LogP contribution in [0.15, 0.2) is 18.3 Å². The topological polar surface area (TPSA) is 75.9 Å². The van der Waals surface area contributed by atoms with Crippen molar-refractivity contribution in [1.82, 2.24) is 24.6 Å². The summed E-state index contributed by atoms with van der Waals surface area (Å²) in [5.74, 6) is -0.0865. The molecule has 3 aromatic rings. The summed E-state index contributed by atoms with van der Waals surface area (Å²) < 4.78 is 2.26. The monoisotopic (exact) mass is 422 g/mol. The van der Waals surface area contributed by atoms with Gasteiger partial charge in [0.15, 0.2) is 5.13 Å². The molecule has 0 atom stereocenters. The second-order valence-corrected chi connectivity index (χ2v) is 9.32. The standard InChI is InChI=1S/C22H26N6OS/c1-13-4-5-15(12-23-13)19-17-6-7-18-21(30-22(25-18)24-14(2)29)20(17)28(26-19)16-8-10-27(3)11-9-16/h4-5,12,16H,6-11H2,1-3H3,(H,24,25,29). The molecule has 8 heteroatoms. The van der Waals surface area contributed by atoms with Crippen molar-refractivity contribution in [2.24, 2.45) is 0 Å². The second kappa shape index (κ2) is 7.59. The van der Waals surface area contributed by atoms with E-state index in [1.165, 1.54) is 18.2 Å². The van der Waals surface area contributed by atoms with Gasteiger partial charge in [-0.15, -0.1) is 0 Å². The summed E-state index contributed by atoms with van der Waals surface area (Å²) in [5.41, 5.74) is 6.65. The number of likely N-dealkylation sites (tertiary alicyclic amines) is 1. The number of thiazole rings is 1. The quantitative estimate of drug-likeness (QED) is 0.697. The molecule has 5 rings (SSSR count). The zero-order valence-electron chi connectivity index (χ0n) is 17.6. The van der Waals surface area contributed by atoms with E-state index in [0.717, 1.165) is 66.3 Å². The molecule has 1 N–H and O–H groups in total. The van der Waals surface area contributed by atoms with Crippen molar-refractivity contribution < 1.29 is 4.79 Å². The van der Waals surface area contributed by atoms with Gasteiger partial charge in [-0.05, 0) is 64.9 Å². The van der Waals surface area contributed by atoms with Gasteiger partial charge in [-0.1, -0.05) is 11.3 Å². The van der Waals surface area contributed by atoms with Gasteiger partial charge in [-0.2, -0.15) is 5.10 Å². The van der Waals surface area contributed by atoms with Crippen LogP contribution in [0.2, 0.25) is 0 Å². The van der Waals surface area contributed by atoms with Crippen molar-refractivity contribution in [2.45, 2.75) is 45.6 Å². The minimum Gasteiger partial charge on any atom is -0.306 e. The SMILES string of the molecule is CC(=O)Nc1nc2c(s1)-c1c(c(-c3ccc(C)nc3)nn1C1CCN(C)CC1)CC2. The Balaban J connectivity index is 1.64. The molecule has 1 aliphatic heterocycles. The molecule has 156 valence electrons. The van der Waals surface area contributed by atoms with Crippen LogP contribution in [0, 0.1) is 6.92 Å². The molecule has 0 saturated carbocycles. The third kappa shape index (κ3) is 3.44. The Morgan fingerprint density at radius 2 is 2.03 bits per heavy atom. The van der Waals surface area contributed by atoms with Gasteiger partial charge in [0.05, 0.1) is 28.0 Å². The van der Waals surface area contributed by atoms with Gasteiger partial charge in [0.25, 0.3) is 0 Å². The summed E-state index contributed by atoms with van der Waals surface area (Å²) >= 11 is 1.57. The van der Waals surface area contributed by atoms with E-state index in [1.54, 1.807) is 11.3 Å². The van der Waals surface area contributed by atoms with E-state index >= 15 is 0 Å². The number of nitrogens with one attached hydrogen (secondary N) is 1. The molecule has 0 spiro atoms. The lowest BCUT2D eigenvalue weighted by atomic mass is 9.95. The lowest BCUT2D eigenvalue weighted by Crippen LogP contribution is -2.32. The zero-order chi connectivity index (χ0) is 20.8. The first kappa shape index (κ1) is 19.4. The van der Waals surface area contributed by atoms with Crippen molar-refractivity contribution in [2.75, 3.05) is 25.5 Å². The Morgan fingerprint density at radius 3 is 2.73 bits per heavy atom. The average Bonchev–Trinajstić information content (AvgIpc) is 3.29. The van der Waals surface area contributed by atoms with E-state index in [1.807, 2.05) is 19.2 Å². The first-order chi connectivity index (χ1) is 14.5. The number of nitrogens with zero attached hydrogens (tertiary/aromatic N) is 5. The van der Waals surface area contributed by atoms with Crippen molar-refractivity contribution in [3.8, 4) is 21.8 Å². The Labute approximate surface area is 180 Å². The fourth-order valence-corrected chi connectivity index (χ4v) is 5.57. The van der Waals surface area contributed by atoms with E-state index in [4.69, 9.17) is 10.1 Å². The number of aryl methyl sites for hydroxylation is 2. The molecule has 1 aliphatic carbocycles. The Bertz CT molecular complexity index is 1090. The van der Waals surface area contributed by atoms with Gasteiger partial charge in [0.1, 0.15) is 0 Å². The number of rotatable bonds is 3. The van der Waals surface area contributed by atoms with Crippen LogP contribution in [-0.4, -0.2) is 50.7 Å². The molecular weight excluding hydrogens is 396 g/mol. The van der Waals surface area contributed by atoms with Gasteiger partial charge < -0.3 is 10.2 Å². The minimum absolute atomic E-state index is 0.0865. The summed E-state index contributed by atoms with van der Waals surface area (Å²) in [6.07, 6.45) is 5.87. The number of piperidine rings is 1. The number of carbonyl (C=O) groups excluding carboxylic acids is 1. The first-order valence-corrected chi connectivity index (χ1v) is 11.3. The Kier molecular flexibility index (Phi) is 4.91. The van der Waals surface area contributed by atoms with Crippen LogP contribution in [0.1, 0.15) is 42.8 Å². The predicted molar refractivity (Wildman–Crippen MR) is 119 cm³/mol. The van der Waals surface area contributed by atoms with Crippen LogP contribution in [0.3, 0.4) is 0 Å². The number of amides is 1. The molecule has 0 radical (unpaired) electrons. The average molecular weight is 423 g/mol. The Morgan fingerprint density at radius 1 is 1.23 bits per heavy atom. The van der Waals surface area contributed by atoms with E-state index in [-0.39, 0.29) is 5.91 Å². The Hall–Kier alpha value is -2.58. The largest absolute Gasteiger partial charge is 0.306 e. The molecule has 4 heterocycles. The van der Waals surface area contributed by atoms with Crippen molar-refractivity contribution in [3.05, 3.63) is 35.3 Å². The van der Waals surface area contributed by atoms with Gasteiger partial charge in [0, 0.05) is 29.9 Å². The third-order valence-electron chi connectivity index (χ3n) is 6.03. The second-order valence-electron chi connectivity index (χ2n) is 8.32. The van der Waals surface area contributed by atoms with Crippen molar-refractivity contribution in [1.29, 1.82) is 0 Å².